The fourth-order valence-corrected chi connectivity index (χ4v) is 1.08. The topological polar surface area (TPSA) is 21.6 Å². The Morgan fingerprint density at radius 1 is 1.47 bits per heavy atom. The summed E-state index contributed by atoms with van der Waals surface area (Å²) in [6.07, 6.45) is 5.68. The van der Waals surface area contributed by atoms with Gasteiger partial charge in [-0.1, -0.05) is 38.8 Å². The van der Waals surface area contributed by atoms with E-state index >= 15 is 0 Å². The molecule has 0 amide bonds. The average molecular weight is 209 g/mol. The van der Waals surface area contributed by atoms with Gasteiger partial charge in [0.1, 0.15) is 0 Å². The molecule has 1 aliphatic rings. The van der Waals surface area contributed by atoms with E-state index in [0.29, 0.717) is 5.88 Å². The van der Waals surface area contributed by atoms with Crippen molar-refractivity contribution in [1.29, 1.82) is 0 Å². The highest BCUT2D eigenvalue weighted by molar-refractivity contribution is 5.29. The van der Waals surface area contributed by atoms with E-state index in [2.05, 4.69) is 18.3 Å². The van der Waals surface area contributed by atoms with Crippen molar-refractivity contribution < 1.29 is 4.74 Å². The largest absolute Gasteiger partial charge is 0.478 e. The third-order valence-electron chi connectivity index (χ3n) is 2.00. The van der Waals surface area contributed by atoms with Gasteiger partial charge in [0, 0.05) is 6.08 Å². The lowest BCUT2D eigenvalue weighted by atomic mass is 10.3. The molecule has 1 rings (SSSR count). The van der Waals surface area contributed by atoms with E-state index in [9.17, 15) is 0 Å². The van der Waals surface area contributed by atoms with E-state index in [1.54, 1.807) is 6.08 Å². The predicted molar refractivity (Wildman–Crippen MR) is 67.1 cm³/mol. The molecule has 1 fully saturated rings. The summed E-state index contributed by atoms with van der Waals surface area (Å²) in [5, 5.41) is 0. The molecule has 0 aromatic carbocycles. The summed E-state index contributed by atoms with van der Waals surface area (Å²) in [6, 6.07) is 0. The predicted octanol–water partition coefficient (Wildman–Crippen LogP) is 3.95. The monoisotopic (exact) mass is 209 g/mol. The Bertz CT molecular complexity index is 227. The molecule has 1 saturated carbocycles. The van der Waals surface area contributed by atoms with E-state index in [4.69, 9.17) is 4.74 Å². The maximum atomic E-state index is 5.42. The van der Waals surface area contributed by atoms with Crippen LogP contribution in [0.25, 0.3) is 0 Å². The molecule has 0 N–H and O–H groups in total. The molecule has 1 aliphatic carbocycles. The van der Waals surface area contributed by atoms with Crippen LogP contribution in [0.1, 0.15) is 40.0 Å². The summed E-state index contributed by atoms with van der Waals surface area (Å²) in [5.41, 5.74) is 0.939. The second kappa shape index (κ2) is 8.27. The minimum absolute atomic E-state index is 0.591. The van der Waals surface area contributed by atoms with Gasteiger partial charge >= 0.3 is 0 Å². The van der Waals surface area contributed by atoms with E-state index in [-0.39, 0.29) is 0 Å². The number of ether oxygens (including phenoxy) is 1. The molecular weight excluding hydrogens is 186 g/mol. The summed E-state index contributed by atoms with van der Waals surface area (Å²) >= 11 is 0. The maximum absolute atomic E-state index is 5.42. The summed E-state index contributed by atoms with van der Waals surface area (Å²) in [7, 11) is 0. The van der Waals surface area contributed by atoms with Crippen LogP contribution in [0, 0.1) is 5.92 Å². The van der Waals surface area contributed by atoms with Crippen LogP contribution in [0.2, 0.25) is 0 Å². The van der Waals surface area contributed by atoms with Gasteiger partial charge in [0.25, 0.3) is 0 Å². The van der Waals surface area contributed by atoms with Crippen LogP contribution in [0.3, 0.4) is 0 Å². The second-order valence-electron chi connectivity index (χ2n) is 3.57. The standard InChI is InChI=1S/C11H17NO.C2H6/c1-9(2)8-11(12-3)13-7-6-10-4-5-10;1-2/h8,10H,1,3-7H2,2H3;1-2H3/b11-8+;. The van der Waals surface area contributed by atoms with E-state index in [1.165, 1.54) is 12.8 Å². The highest BCUT2D eigenvalue weighted by Gasteiger charge is 2.20. The first-order valence-corrected chi connectivity index (χ1v) is 5.69. The van der Waals surface area contributed by atoms with Gasteiger partial charge in [-0.25, -0.2) is 4.99 Å². The highest BCUT2D eigenvalue weighted by atomic mass is 16.5. The van der Waals surface area contributed by atoms with Crippen LogP contribution < -0.4 is 0 Å². The van der Waals surface area contributed by atoms with Crippen LogP contribution >= 0.6 is 0 Å². The van der Waals surface area contributed by atoms with Crippen LogP contribution in [0.5, 0.6) is 0 Å². The van der Waals surface area contributed by atoms with Crippen molar-refractivity contribution in [1.82, 2.24) is 0 Å². The van der Waals surface area contributed by atoms with Crippen LogP contribution in [0.15, 0.2) is 29.1 Å². The SMILES string of the molecule is C=N/C(=C\C(=C)C)OCCC1CC1.CC. The molecule has 0 atom stereocenters. The fraction of sp³-hybridized carbons (Fsp3) is 0.615. The molecule has 2 nitrogen and oxygen atoms in total. The van der Waals surface area contributed by atoms with E-state index in [0.717, 1.165) is 24.5 Å². The van der Waals surface area contributed by atoms with Crippen molar-refractivity contribution in [3.8, 4) is 0 Å². The summed E-state index contributed by atoms with van der Waals surface area (Å²) in [6.45, 7) is 13.9. The lowest BCUT2D eigenvalue weighted by Crippen LogP contribution is -1.94. The molecule has 0 saturated heterocycles. The van der Waals surface area contributed by atoms with E-state index in [1.807, 2.05) is 20.8 Å². The molecule has 0 bridgehead atoms. The summed E-state index contributed by atoms with van der Waals surface area (Å²) in [4.78, 5) is 3.77. The number of hydrogen-bond donors (Lipinski definition) is 0. The molecule has 0 aromatic rings. The second-order valence-corrected chi connectivity index (χ2v) is 3.57. The van der Waals surface area contributed by atoms with Crippen LogP contribution in [-0.2, 0) is 4.74 Å². The minimum Gasteiger partial charge on any atom is -0.478 e. The van der Waals surface area contributed by atoms with Crippen molar-refractivity contribution in [3.05, 3.63) is 24.1 Å². The van der Waals surface area contributed by atoms with Gasteiger partial charge in [-0.2, -0.15) is 0 Å². The number of aliphatic imine (C=N–C) groups is 1. The first kappa shape index (κ1) is 13.9. The number of nitrogens with zero attached hydrogens (tertiary/aromatic N) is 1. The third kappa shape index (κ3) is 7.98. The molecule has 2 heteroatoms. The molecule has 0 radical (unpaired) electrons. The quantitative estimate of drug-likeness (QED) is 0.369. The molecule has 0 spiro atoms. The Hall–Kier alpha value is -1.05. The zero-order valence-corrected chi connectivity index (χ0v) is 10.3. The lowest BCUT2D eigenvalue weighted by Gasteiger charge is -2.04. The minimum atomic E-state index is 0.591. The third-order valence-corrected chi connectivity index (χ3v) is 2.00. The Kier molecular flexibility index (Phi) is 7.69. The average Bonchev–Trinajstić information content (AvgIpc) is 3.03. The van der Waals surface area contributed by atoms with Gasteiger partial charge in [-0.05, 0) is 26.0 Å². The summed E-state index contributed by atoms with van der Waals surface area (Å²) in [5.74, 6) is 1.49. The Morgan fingerprint density at radius 2 is 2.07 bits per heavy atom. The number of allylic oxidation sites excluding steroid dienone is 2. The highest BCUT2D eigenvalue weighted by Crippen LogP contribution is 2.32. The van der Waals surface area contributed by atoms with Gasteiger partial charge in [0.05, 0.1) is 6.61 Å². The van der Waals surface area contributed by atoms with Crippen molar-refractivity contribution in [2.45, 2.75) is 40.0 Å². The van der Waals surface area contributed by atoms with Gasteiger partial charge < -0.3 is 4.74 Å². The molecule has 0 aromatic heterocycles. The van der Waals surface area contributed by atoms with Crippen LogP contribution in [0.4, 0.5) is 0 Å². The smallest absolute Gasteiger partial charge is 0.212 e. The molecule has 86 valence electrons. The van der Waals surface area contributed by atoms with Crippen LogP contribution in [-0.4, -0.2) is 13.3 Å². The Labute approximate surface area is 93.7 Å². The van der Waals surface area contributed by atoms with Gasteiger partial charge in [-0.15, -0.1) is 0 Å². The fourth-order valence-electron chi connectivity index (χ4n) is 1.08. The summed E-state index contributed by atoms with van der Waals surface area (Å²) < 4.78 is 5.42. The van der Waals surface area contributed by atoms with Gasteiger partial charge in [0.15, 0.2) is 0 Å². The first-order valence-electron chi connectivity index (χ1n) is 5.69. The van der Waals surface area contributed by atoms with Gasteiger partial charge in [-0.3, -0.25) is 0 Å². The molecule has 15 heavy (non-hydrogen) atoms. The lowest BCUT2D eigenvalue weighted by molar-refractivity contribution is 0.201. The maximum Gasteiger partial charge on any atom is 0.212 e. The first-order chi connectivity index (χ1) is 7.22. The molecule has 0 unspecified atom stereocenters. The molecule has 0 heterocycles. The molecular formula is C13H23NO. The van der Waals surface area contributed by atoms with Crippen molar-refractivity contribution in [2.75, 3.05) is 6.61 Å². The van der Waals surface area contributed by atoms with Crippen molar-refractivity contribution in [2.24, 2.45) is 10.9 Å². The number of hydrogen-bond acceptors (Lipinski definition) is 2. The normalized spacial score (nSPS) is 15.0. The Morgan fingerprint density at radius 3 is 2.47 bits per heavy atom. The number of rotatable bonds is 6. The Balaban J connectivity index is 0.000000921. The van der Waals surface area contributed by atoms with E-state index < -0.39 is 0 Å². The molecule has 0 aliphatic heterocycles. The van der Waals surface area contributed by atoms with Gasteiger partial charge in [0.2, 0.25) is 5.88 Å². The van der Waals surface area contributed by atoms with Crippen molar-refractivity contribution in [3.63, 3.8) is 0 Å². The zero-order chi connectivity index (χ0) is 11.7. The van der Waals surface area contributed by atoms with Crippen molar-refractivity contribution >= 4 is 6.72 Å². The zero-order valence-electron chi connectivity index (χ0n) is 10.3.